The number of hydrogen-bond donors (Lipinski definition) is 2. The Bertz CT molecular complexity index is 1570. The van der Waals surface area contributed by atoms with E-state index in [0.29, 0.717) is 46.9 Å². The van der Waals surface area contributed by atoms with E-state index in [2.05, 4.69) is 10.6 Å². The fourth-order valence-electron chi connectivity index (χ4n) is 5.08. The lowest BCUT2D eigenvalue weighted by molar-refractivity contribution is -0.119. The number of piperidine rings is 1. The highest BCUT2D eigenvalue weighted by Crippen LogP contribution is 2.50. The minimum Gasteiger partial charge on any atom is -0.489 e. The number of halogens is 3. The summed E-state index contributed by atoms with van der Waals surface area (Å²) in [6.45, 7) is 3.75. The molecule has 0 unspecified atom stereocenters. The molecule has 224 valence electrons. The quantitative estimate of drug-likeness (QED) is 0.177. The topological polar surface area (TPSA) is 70.7 Å². The second kappa shape index (κ2) is 14.4. The molecule has 0 spiro atoms. The van der Waals surface area contributed by atoms with Crippen LogP contribution in [0.2, 0.25) is 10.0 Å². The van der Waals surface area contributed by atoms with Crippen molar-refractivity contribution in [2.45, 2.75) is 32.4 Å². The first kappa shape index (κ1) is 31.0. The average Bonchev–Trinajstić information content (AvgIpc) is 3.38. The molecule has 1 aliphatic rings. The lowest BCUT2D eigenvalue weighted by atomic mass is 10.0. The highest BCUT2D eigenvalue weighted by atomic mass is 35.5. The molecule has 5 rings (SSSR count). The van der Waals surface area contributed by atoms with Crippen LogP contribution in [0.3, 0.4) is 0 Å². The molecule has 2 heterocycles. The number of carbonyl (C=O) groups is 2. The number of likely N-dealkylation sites (tertiary alicyclic amines) is 1. The molecule has 1 fully saturated rings. The number of nitrogens with one attached hydrogen (secondary N) is 2. The van der Waals surface area contributed by atoms with E-state index in [-0.39, 0.29) is 30.3 Å². The second-order valence-corrected chi connectivity index (χ2v) is 12.2. The smallest absolute Gasteiger partial charge is 0.267 e. The number of hydrogen-bond acceptors (Lipinski definition) is 5. The van der Waals surface area contributed by atoms with E-state index in [9.17, 15) is 14.0 Å². The lowest BCUT2D eigenvalue weighted by Gasteiger charge is -2.32. The third kappa shape index (κ3) is 7.75. The van der Waals surface area contributed by atoms with Gasteiger partial charge in [0, 0.05) is 58.6 Å². The first-order chi connectivity index (χ1) is 20.8. The Morgan fingerprint density at radius 2 is 1.70 bits per heavy atom. The molecule has 0 bridgehead atoms. The Morgan fingerprint density at radius 3 is 2.37 bits per heavy atom. The Hall–Kier alpha value is -3.43. The predicted octanol–water partition coefficient (Wildman–Crippen LogP) is 7.44. The van der Waals surface area contributed by atoms with Crippen LogP contribution in [0.5, 0.6) is 5.75 Å². The van der Waals surface area contributed by atoms with Crippen molar-refractivity contribution in [3.63, 3.8) is 0 Å². The van der Waals surface area contributed by atoms with Crippen molar-refractivity contribution in [1.82, 2.24) is 15.5 Å². The number of rotatable bonds is 10. The van der Waals surface area contributed by atoms with Crippen molar-refractivity contribution in [3.05, 3.63) is 99.1 Å². The molecule has 10 heteroatoms. The Morgan fingerprint density at radius 1 is 1.00 bits per heavy atom. The molecule has 1 saturated heterocycles. The third-order valence-electron chi connectivity index (χ3n) is 7.32. The lowest BCUT2D eigenvalue weighted by Crippen LogP contribution is -2.44. The maximum atomic E-state index is 14.1. The fraction of sp³-hybridized carbons (Fsp3) is 0.273. The van der Waals surface area contributed by atoms with E-state index >= 15 is 0 Å². The summed E-state index contributed by atoms with van der Waals surface area (Å²) in [6.07, 6.45) is 1.58. The van der Waals surface area contributed by atoms with Gasteiger partial charge in [-0.2, -0.15) is 0 Å². The highest BCUT2D eigenvalue weighted by molar-refractivity contribution is 7.18. The van der Waals surface area contributed by atoms with Gasteiger partial charge in [-0.15, -0.1) is 11.3 Å². The normalized spacial score (nSPS) is 13.6. The zero-order valence-corrected chi connectivity index (χ0v) is 26.0. The van der Waals surface area contributed by atoms with Gasteiger partial charge in [-0.1, -0.05) is 65.7 Å². The molecule has 1 aliphatic heterocycles. The van der Waals surface area contributed by atoms with Crippen molar-refractivity contribution in [3.8, 4) is 27.3 Å². The number of nitrogens with zero attached hydrogens (tertiary/aromatic N) is 1. The first-order valence-electron chi connectivity index (χ1n) is 14.1. The van der Waals surface area contributed by atoms with E-state index in [0.717, 1.165) is 40.0 Å². The fourth-order valence-corrected chi connectivity index (χ4v) is 6.77. The van der Waals surface area contributed by atoms with Crippen LogP contribution in [0.15, 0.2) is 72.8 Å². The number of benzene rings is 3. The molecule has 1 aromatic heterocycles. The molecule has 6 nitrogen and oxygen atoms in total. The first-order valence-corrected chi connectivity index (χ1v) is 15.7. The standard InChI is InChI=1S/C33H32Cl2FN3O3S/c1-21(40)37-16-19-42-30-29(23-8-10-24(34)11-9-23)31(27-4-2-3-5-28(27)35)43-32(30)33(41)39-17-14-26(15-18-39)38-20-22-6-12-25(36)13-7-22/h2-13,26,38H,14-20H2,1H3,(H,37,40). The average molecular weight is 641 g/mol. The summed E-state index contributed by atoms with van der Waals surface area (Å²) in [5, 5.41) is 7.45. The van der Waals surface area contributed by atoms with E-state index in [1.807, 2.05) is 41.3 Å². The van der Waals surface area contributed by atoms with Gasteiger partial charge in [-0.25, -0.2) is 4.39 Å². The molecule has 2 N–H and O–H groups in total. The van der Waals surface area contributed by atoms with E-state index in [4.69, 9.17) is 27.9 Å². The number of amides is 2. The summed E-state index contributed by atoms with van der Waals surface area (Å²) in [4.78, 5) is 28.8. The molecule has 0 radical (unpaired) electrons. The summed E-state index contributed by atoms with van der Waals surface area (Å²) in [6, 6.07) is 21.7. The van der Waals surface area contributed by atoms with E-state index in [1.54, 1.807) is 24.3 Å². The zero-order valence-electron chi connectivity index (χ0n) is 23.7. The minimum atomic E-state index is -0.250. The van der Waals surface area contributed by atoms with Gasteiger partial charge in [0.05, 0.1) is 6.54 Å². The number of carbonyl (C=O) groups excluding carboxylic acids is 2. The Kier molecular flexibility index (Phi) is 10.4. The molecule has 4 aromatic rings. The monoisotopic (exact) mass is 639 g/mol. The van der Waals surface area contributed by atoms with Crippen molar-refractivity contribution >= 4 is 46.4 Å². The Balaban J connectivity index is 1.42. The SMILES string of the molecule is CC(=O)NCCOc1c(C(=O)N2CCC(NCc3ccc(F)cc3)CC2)sc(-c2ccccc2Cl)c1-c1ccc(Cl)cc1. The van der Waals surface area contributed by atoms with Crippen LogP contribution in [0.4, 0.5) is 4.39 Å². The van der Waals surface area contributed by atoms with Crippen LogP contribution in [0.25, 0.3) is 21.6 Å². The summed E-state index contributed by atoms with van der Waals surface area (Å²) < 4.78 is 19.6. The highest BCUT2D eigenvalue weighted by Gasteiger charge is 2.31. The zero-order chi connectivity index (χ0) is 30.3. The van der Waals surface area contributed by atoms with Crippen molar-refractivity contribution in [1.29, 1.82) is 0 Å². The van der Waals surface area contributed by atoms with Crippen LogP contribution in [0.1, 0.15) is 35.0 Å². The molecule has 0 saturated carbocycles. The van der Waals surface area contributed by atoms with E-state index in [1.165, 1.54) is 30.4 Å². The molecule has 0 atom stereocenters. The molecular weight excluding hydrogens is 608 g/mol. The van der Waals surface area contributed by atoms with Crippen molar-refractivity contribution < 1.29 is 18.7 Å². The Labute approximate surface area is 264 Å². The van der Waals surface area contributed by atoms with Gasteiger partial charge in [0.1, 0.15) is 17.3 Å². The third-order valence-corrected chi connectivity index (χ3v) is 9.10. The van der Waals surface area contributed by atoms with Crippen LogP contribution in [0, 0.1) is 5.82 Å². The second-order valence-electron chi connectivity index (χ2n) is 10.4. The van der Waals surface area contributed by atoms with Crippen LogP contribution in [-0.4, -0.2) is 49.0 Å². The van der Waals surface area contributed by atoms with Crippen LogP contribution < -0.4 is 15.4 Å². The van der Waals surface area contributed by atoms with E-state index < -0.39 is 0 Å². The molecule has 2 amide bonds. The van der Waals surface area contributed by atoms with Gasteiger partial charge in [0.15, 0.2) is 5.75 Å². The minimum absolute atomic E-state index is 0.106. The van der Waals surface area contributed by atoms with Crippen LogP contribution >= 0.6 is 34.5 Å². The summed E-state index contributed by atoms with van der Waals surface area (Å²) >= 11 is 14.2. The number of ether oxygens (including phenoxy) is 1. The van der Waals surface area contributed by atoms with Gasteiger partial charge in [-0.3, -0.25) is 9.59 Å². The molecule has 3 aromatic carbocycles. The van der Waals surface area contributed by atoms with Gasteiger partial charge in [0.2, 0.25) is 5.91 Å². The molecular formula is C33H32Cl2FN3O3S. The van der Waals surface area contributed by atoms with Gasteiger partial charge in [-0.05, 0) is 54.3 Å². The molecule has 43 heavy (non-hydrogen) atoms. The number of thiophene rings is 1. The van der Waals surface area contributed by atoms with Gasteiger partial charge < -0.3 is 20.3 Å². The summed E-state index contributed by atoms with van der Waals surface area (Å²) in [5.74, 6) is -0.0467. The maximum absolute atomic E-state index is 14.1. The van der Waals surface area contributed by atoms with Crippen molar-refractivity contribution in [2.24, 2.45) is 0 Å². The van der Waals surface area contributed by atoms with Crippen molar-refractivity contribution in [2.75, 3.05) is 26.2 Å². The predicted molar refractivity (Wildman–Crippen MR) is 172 cm³/mol. The van der Waals surface area contributed by atoms with Gasteiger partial charge in [0.25, 0.3) is 5.91 Å². The largest absolute Gasteiger partial charge is 0.489 e. The summed E-state index contributed by atoms with van der Waals surface area (Å²) in [5.41, 5.74) is 3.42. The van der Waals surface area contributed by atoms with Crippen LogP contribution in [-0.2, 0) is 11.3 Å². The van der Waals surface area contributed by atoms with Gasteiger partial charge >= 0.3 is 0 Å². The summed E-state index contributed by atoms with van der Waals surface area (Å²) in [7, 11) is 0. The maximum Gasteiger partial charge on any atom is 0.267 e. The molecule has 0 aliphatic carbocycles.